The predicted molar refractivity (Wildman–Crippen MR) is 122 cm³/mol. The number of benzene rings is 1. The summed E-state index contributed by atoms with van der Waals surface area (Å²) in [7, 11) is 6.68. The lowest BCUT2D eigenvalue weighted by atomic mass is 10.2. The van der Waals surface area contributed by atoms with Crippen molar-refractivity contribution in [2.75, 3.05) is 34.8 Å². The molecule has 1 N–H and O–H groups in total. The van der Waals surface area contributed by atoms with Gasteiger partial charge < -0.3 is 19.9 Å². The van der Waals surface area contributed by atoms with Crippen LogP contribution in [-0.4, -0.2) is 56.5 Å². The molecule has 28 heavy (non-hydrogen) atoms. The van der Waals surface area contributed by atoms with Crippen LogP contribution in [0.15, 0.2) is 40.7 Å². The molecule has 0 radical (unpaired) electrons. The summed E-state index contributed by atoms with van der Waals surface area (Å²) in [5.74, 6) is 0.294. The Labute approximate surface area is 186 Å². The van der Waals surface area contributed by atoms with E-state index in [1.165, 1.54) is 18.1 Å². The molecule has 0 spiro atoms. The first-order chi connectivity index (χ1) is 12.9. The number of hydrogen-bond acceptors (Lipinski definition) is 4. The van der Waals surface area contributed by atoms with E-state index in [9.17, 15) is 9.18 Å². The predicted octanol–water partition coefficient (Wildman–Crippen LogP) is 3.18. The van der Waals surface area contributed by atoms with Gasteiger partial charge in [-0.1, -0.05) is 12.1 Å². The number of nitrogens with zero attached hydrogens (tertiary/aromatic N) is 3. The van der Waals surface area contributed by atoms with Crippen molar-refractivity contribution in [2.24, 2.45) is 4.99 Å². The van der Waals surface area contributed by atoms with Crippen molar-refractivity contribution in [1.82, 2.24) is 15.1 Å². The van der Waals surface area contributed by atoms with Crippen LogP contribution in [0.4, 0.5) is 4.39 Å². The number of carbonyl (C=O) groups excluding carboxylic acids is 1. The molecule has 154 valence electrons. The van der Waals surface area contributed by atoms with E-state index >= 15 is 0 Å². The van der Waals surface area contributed by atoms with Crippen LogP contribution in [0.2, 0.25) is 0 Å². The average molecular weight is 520 g/mol. The second kappa shape index (κ2) is 11.8. The van der Waals surface area contributed by atoms with E-state index < -0.39 is 5.82 Å². The van der Waals surface area contributed by atoms with Gasteiger partial charge in [0.1, 0.15) is 6.54 Å². The first kappa shape index (κ1) is 24.2. The molecule has 1 aromatic carbocycles. The van der Waals surface area contributed by atoms with Crippen LogP contribution in [-0.2, 0) is 17.9 Å². The summed E-state index contributed by atoms with van der Waals surface area (Å²) >= 11 is 1.64. The zero-order valence-corrected chi connectivity index (χ0v) is 19.6. The number of amides is 1. The van der Waals surface area contributed by atoms with Crippen LogP contribution in [0.1, 0.15) is 10.4 Å². The van der Waals surface area contributed by atoms with Crippen molar-refractivity contribution < 1.29 is 13.9 Å². The summed E-state index contributed by atoms with van der Waals surface area (Å²) in [6.45, 7) is 1.09. The number of hydrogen-bond donors (Lipinski definition) is 1. The summed E-state index contributed by atoms with van der Waals surface area (Å²) in [6, 6.07) is 8.86. The Balaban J connectivity index is 0.00000392. The van der Waals surface area contributed by atoms with Gasteiger partial charge in [-0.3, -0.25) is 4.79 Å². The maximum atomic E-state index is 13.9. The van der Waals surface area contributed by atoms with Gasteiger partial charge in [0.15, 0.2) is 17.5 Å². The fraction of sp³-hybridized carbons (Fsp3) is 0.368. The highest BCUT2D eigenvalue weighted by Gasteiger charge is 2.11. The monoisotopic (exact) mass is 520 g/mol. The van der Waals surface area contributed by atoms with Crippen LogP contribution in [0.3, 0.4) is 0 Å². The van der Waals surface area contributed by atoms with Crippen LogP contribution < -0.4 is 10.1 Å². The van der Waals surface area contributed by atoms with Gasteiger partial charge in [0.25, 0.3) is 0 Å². The van der Waals surface area contributed by atoms with E-state index in [4.69, 9.17) is 4.74 Å². The molecular weight excluding hydrogens is 494 g/mol. The van der Waals surface area contributed by atoms with E-state index in [1.54, 1.807) is 37.6 Å². The van der Waals surface area contributed by atoms with Gasteiger partial charge in [-0.15, -0.1) is 35.3 Å². The molecule has 2 rings (SSSR count). The second-order valence-corrected chi connectivity index (χ2v) is 7.22. The van der Waals surface area contributed by atoms with Crippen LogP contribution in [0, 0.1) is 5.82 Å². The maximum absolute atomic E-state index is 13.9. The van der Waals surface area contributed by atoms with Gasteiger partial charge >= 0.3 is 0 Å². The van der Waals surface area contributed by atoms with Gasteiger partial charge in [-0.25, -0.2) is 9.38 Å². The first-order valence-electron chi connectivity index (χ1n) is 8.45. The molecule has 0 atom stereocenters. The molecule has 1 heterocycles. The third-order valence-corrected chi connectivity index (χ3v) is 4.74. The second-order valence-electron chi connectivity index (χ2n) is 6.19. The lowest BCUT2D eigenvalue weighted by Crippen LogP contribution is -2.39. The number of likely N-dealkylation sites (N-methyl/N-ethyl adjacent to an activating group) is 1. The van der Waals surface area contributed by atoms with Crippen molar-refractivity contribution in [1.29, 1.82) is 0 Å². The minimum Gasteiger partial charge on any atom is -0.494 e. The third-order valence-electron chi connectivity index (χ3n) is 3.86. The molecule has 0 unspecified atom stereocenters. The smallest absolute Gasteiger partial charge is 0.243 e. The summed E-state index contributed by atoms with van der Waals surface area (Å²) in [4.78, 5) is 20.8. The van der Waals surface area contributed by atoms with Crippen LogP contribution >= 0.6 is 35.3 Å². The number of guanidine groups is 1. The van der Waals surface area contributed by atoms with E-state index in [1.807, 2.05) is 29.5 Å². The van der Waals surface area contributed by atoms with Crippen molar-refractivity contribution >= 4 is 47.2 Å². The SMILES string of the molecule is COc1ccc(CN(C)C(=NCC(=O)N(C)C)NCc2cccs2)cc1F.I. The zero-order valence-electron chi connectivity index (χ0n) is 16.4. The Morgan fingerprint density at radius 1 is 1.29 bits per heavy atom. The highest BCUT2D eigenvalue weighted by molar-refractivity contribution is 14.0. The average Bonchev–Trinajstić information content (AvgIpc) is 3.15. The molecular formula is C19H26FIN4O2S. The summed E-state index contributed by atoms with van der Waals surface area (Å²) in [6.07, 6.45) is 0. The van der Waals surface area contributed by atoms with Crippen molar-refractivity contribution in [3.8, 4) is 5.75 Å². The van der Waals surface area contributed by atoms with E-state index in [0.29, 0.717) is 19.0 Å². The van der Waals surface area contributed by atoms with Crippen LogP contribution in [0.5, 0.6) is 5.75 Å². The number of ether oxygens (including phenoxy) is 1. The molecule has 9 heteroatoms. The van der Waals surface area contributed by atoms with Gasteiger partial charge in [-0.2, -0.15) is 0 Å². The maximum Gasteiger partial charge on any atom is 0.243 e. The Morgan fingerprint density at radius 3 is 2.61 bits per heavy atom. The minimum atomic E-state index is -0.406. The quantitative estimate of drug-likeness (QED) is 0.346. The van der Waals surface area contributed by atoms with E-state index in [0.717, 1.165) is 10.4 Å². The fourth-order valence-corrected chi connectivity index (χ4v) is 2.98. The standard InChI is InChI=1S/C19H25FN4O2S.HI/c1-23(2)18(25)12-22-19(21-11-15-6-5-9-27-15)24(3)13-14-7-8-17(26-4)16(20)10-14;/h5-10H,11-13H2,1-4H3,(H,21,22);1H. The summed E-state index contributed by atoms with van der Waals surface area (Å²) in [5, 5.41) is 5.28. The fourth-order valence-electron chi connectivity index (χ4n) is 2.33. The molecule has 0 bridgehead atoms. The van der Waals surface area contributed by atoms with Crippen LogP contribution in [0.25, 0.3) is 0 Å². The van der Waals surface area contributed by atoms with Gasteiger partial charge in [0.2, 0.25) is 5.91 Å². The number of rotatable bonds is 7. The van der Waals surface area contributed by atoms with E-state index in [-0.39, 0.29) is 42.2 Å². The molecule has 0 aliphatic heterocycles. The first-order valence-corrected chi connectivity index (χ1v) is 9.33. The molecule has 0 aliphatic carbocycles. The Kier molecular flexibility index (Phi) is 10.2. The Hall–Kier alpha value is -1.88. The number of halogens is 2. The van der Waals surface area contributed by atoms with Crippen molar-refractivity contribution in [2.45, 2.75) is 13.1 Å². The molecule has 1 amide bonds. The highest BCUT2D eigenvalue weighted by Crippen LogP contribution is 2.18. The molecule has 0 aliphatic rings. The molecule has 0 fully saturated rings. The molecule has 0 saturated heterocycles. The molecule has 6 nitrogen and oxygen atoms in total. The molecule has 0 saturated carbocycles. The van der Waals surface area contributed by atoms with E-state index in [2.05, 4.69) is 10.3 Å². The number of carbonyl (C=O) groups is 1. The summed E-state index contributed by atoms with van der Waals surface area (Å²) < 4.78 is 18.9. The normalized spacial score (nSPS) is 10.8. The largest absolute Gasteiger partial charge is 0.494 e. The lowest BCUT2D eigenvalue weighted by Gasteiger charge is -2.23. The molecule has 1 aromatic heterocycles. The number of methoxy groups -OCH3 is 1. The van der Waals surface area contributed by atoms with Gasteiger partial charge in [0, 0.05) is 32.6 Å². The van der Waals surface area contributed by atoms with Crippen molar-refractivity contribution in [3.63, 3.8) is 0 Å². The lowest BCUT2D eigenvalue weighted by molar-refractivity contribution is -0.127. The Bertz CT molecular complexity index is 784. The van der Waals surface area contributed by atoms with Gasteiger partial charge in [0.05, 0.1) is 13.7 Å². The number of thiophene rings is 1. The minimum absolute atomic E-state index is 0. The van der Waals surface area contributed by atoms with Gasteiger partial charge in [-0.05, 0) is 29.1 Å². The third kappa shape index (κ3) is 7.27. The number of aliphatic imine (C=N–C) groups is 1. The summed E-state index contributed by atoms with van der Waals surface area (Å²) in [5.41, 5.74) is 0.778. The Morgan fingerprint density at radius 2 is 2.04 bits per heavy atom. The molecule has 2 aromatic rings. The topological polar surface area (TPSA) is 57.2 Å². The number of nitrogens with one attached hydrogen (secondary N) is 1. The van der Waals surface area contributed by atoms with Crippen molar-refractivity contribution in [3.05, 3.63) is 52.0 Å². The zero-order chi connectivity index (χ0) is 19.8. The highest BCUT2D eigenvalue weighted by atomic mass is 127.